The molecule has 0 spiro atoms. The van der Waals surface area contributed by atoms with Gasteiger partial charge < -0.3 is 9.84 Å². The van der Waals surface area contributed by atoms with Crippen LogP contribution in [0.5, 0.6) is 11.6 Å². The second kappa shape index (κ2) is 5.25. The maximum absolute atomic E-state index is 11.3. The van der Waals surface area contributed by atoms with Gasteiger partial charge in [0.05, 0.1) is 17.3 Å². The average molecular weight is 294 g/mol. The lowest BCUT2D eigenvalue weighted by Gasteiger charge is -2.05. The summed E-state index contributed by atoms with van der Waals surface area (Å²) < 4.78 is 27.9. The predicted octanol–water partition coefficient (Wildman–Crippen LogP) is 1.37. The van der Waals surface area contributed by atoms with E-state index < -0.39 is 15.8 Å². The Balaban J connectivity index is 2.16. The largest absolute Gasteiger partial charge is 0.476 e. The number of carbonyl (C=O) groups is 1. The molecule has 1 N–H and O–H groups in total. The van der Waals surface area contributed by atoms with E-state index >= 15 is 0 Å². The van der Waals surface area contributed by atoms with E-state index in [1.807, 2.05) is 0 Å². The van der Waals surface area contributed by atoms with Crippen molar-refractivity contribution in [3.05, 3.63) is 42.4 Å². The number of hydrogen-bond acceptors (Lipinski definition) is 6. The number of rotatable bonds is 4. The van der Waals surface area contributed by atoms with Gasteiger partial charge in [-0.15, -0.1) is 0 Å². The van der Waals surface area contributed by atoms with Crippen molar-refractivity contribution < 1.29 is 23.1 Å². The Kier molecular flexibility index (Phi) is 3.66. The van der Waals surface area contributed by atoms with Crippen molar-refractivity contribution in [2.45, 2.75) is 4.90 Å². The summed E-state index contributed by atoms with van der Waals surface area (Å²) in [7, 11) is -3.26. The second-order valence-corrected chi connectivity index (χ2v) is 5.91. The Bertz CT molecular complexity index is 723. The van der Waals surface area contributed by atoms with Crippen LogP contribution in [0.2, 0.25) is 0 Å². The fraction of sp³-hybridized carbons (Fsp3) is 0.0833. The minimum absolute atomic E-state index is 0.113. The van der Waals surface area contributed by atoms with Crippen LogP contribution < -0.4 is 4.74 Å². The quantitative estimate of drug-likeness (QED) is 0.907. The third-order valence-electron chi connectivity index (χ3n) is 2.32. The molecule has 0 saturated heterocycles. The number of benzene rings is 1. The minimum atomic E-state index is -3.26. The summed E-state index contributed by atoms with van der Waals surface area (Å²) in [5.74, 6) is -0.696. The summed E-state index contributed by atoms with van der Waals surface area (Å²) in [5, 5.41) is 8.67. The van der Waals surface area contributed by atoms with Gasteiger partial charge in [-0.3, -0.25) is 0 Å². The lowest BCUT2D eigenvalue weighted by Crippen LogP contribution is -2.01. The summed E-state index contributed by atoms with van der Waals surface area (Å²) in [6, 6.07) is 5.76. The molecule has 1 aromatic heterocycles. The molecule has 20 heavy (non-hydrogen) atoms. The molecule has 1 heterocycles. The van der Waals surface area contributed by atoms with Gasteiger partial charge in [-0.2, -0.15) is 0 Å². The summed E-state index contributed by atoms with van der Waals surface area (Å²) in [6.45, 7) is 0. The number of hydrogen-bond donors (Lipinski definition) is 1. The van der Waals surface area contributed by atoms with E-state index in [9.17, 15) is 13.2 Å². The summed E-state index contributed by atoms with van der Waals surface area (Å²) >= 11 is 0. The molecule has 104 valence electrons. The molecule has 0 atom stereocenters. The maximum atomic E-state index is 11.3. The summed E-state index contributed by atoms with van der Waals surface area (Å²) in [4.78, 5) is 18.2. The van der Waals surface area contributed by atoms with Crippen molar-refractivity contribution in [1.82, 2.24) is 9.97 Å². The lowest BCUT2D eigenvalue weighted by molar-refractivity contribution is 0.0690. The molecule has 0 aliphatic carbocycles. The van der Waals surface area contributed by atoms with Gasteiger partial charge in [0.2, 0.25) is 5.88 Å². The van der Waals surface area contributed by atoms with Crippen molar-refractivity contribution in [3.63, 3.8) is 0 Å². The molecule has 0 aliphatic rings. The normalized spacial score (nSPS) is 11.1. The number of carboxylic acids is 1. The topological polar surface area (TPSA) is 106 Å². The van der Waals surface area contributed by atoms with Crippen LogP contribution in [0.1, 0.15) is 10.5 Å². The first-order chi connectivity index (χ1) is 9.36. The van der Waals surface area contributed by atoms with Crippen LogP contribution in [0.3, 0.4) is 0 Å². The first kappa shape index (κ1) is 13.9. The zero-order valence-corrected chi connectivity index (χ0v) is 11.2. The van der Waals surface area contributed by atoms with Gasteiger partial charge in [-0.1, -0.05) is 0 Å². The third-order valence-corrected chi connectivity index (χ3v) is 3.45. The van der Waals surface area contributed by atoms with Crippen LogP contribution in [0.4, 0.5) is 0 Å². The van der Waals surface area contributed by atoms with Gasteiger partial charge in [0.1, 0.15) is 5.75 Å². The SMILES string of the molecule is CS(=O)(=O)c1ccc(Oc2cnc(C(=O)O)cn2)cc1. The van der Waals surface area contributed by atoms with E-state index in [-0.39, 0.29) is 16.5 Å². The van der Waals surface area contributed by atoms with Crippen LogP contribution >= 0.6 is 0 Å². The van der Waals surface area contributed by atoms with Gasteiger partial charge in [0.25, 0.3) is 0 Å². The second-order valence-electron chi connectivity index (χ2n) is 3.89. The highest BCUT2D eigenvalue weighted by atomic mass is 32.2. The molecule has 0 radical (unpaired) electrons. The Morgan fingerprint density at radius 1 is 1.15 bits per heavy atom. The zero-order chi connectivity index (χ0) is 14.8. The van der Waals surface area contributed by atoms with Crippen molar-refractivity contribution >= 4 is 15.8 Å². The standard InChI is InChI=1S/C12H10N2O5S/c1-20(17,18)9-4-2-8(3-5-9)19-11-7-13-10(6-14-11)12(15)16/h2-7H,1H3,(H,15,16). The molecule has 8 heteroatoms. The Hall–Kier alpha value is -2.48. The Labute approximate surface area is 114 Å². The van der Waals surface area contributed by atoms with Gasteiger partial charge in [0, 0.05) is 6.26 Å². The molecule has 0 fully saturated rings. The smallest absolute Gasteiger partial charge is 0.356 e. The van der Waals surface area contributed by atoms with Crippen molar-refractivity contribution in [3.8, 4) is 11.6 Å². The number of aromatic carboxylic acids is 1. The highest BCUT2D eigenvalue weighted by molar-refractivity contribution is 7.90. The van der Waals surface area contributed by atoms with Gasteiger partial charge in [0.15, 0.2) is 15.5 Å². The molecule has 2 rings (SSSR count). The van der Waals surface area contributed by atoms with Crippen molar-refractivity contribution in [2.24, 2.45) is 0 Å². The fourth-order valence-corrected chi connectivity index (χ4v) is 1.99. The Morgan fingerprint density at radius 3 is 2.25 bits per heavy atom. The van der Waals surface area contributed by atoms with Crippen LogP contribution in [0.25, 0.3) is 0 Å². The van der Waals surface area contributed by atoms with E-state index in [0.29, 0.717) is 5.75 Å². The third kappa shape index (κ3) is 3.29. The number of ether oxygens (including phenoxy) is 1. The van der Waals surface area contributed by atoms with E-state index in [0.717, 1.165) is 12.5 Å². The molecule has 0 aliphatic heterocycles. The first-order valence-electron chi connectivity index (χ1n) is 5.39. The number of carboxylic acid groups (broad SMARTS) is 1. The minimum Gasteiger partial charge on any atom is -0.476 e. The van der Waals surface area contributed by atoms with Gasteiger partial charge in [-0.25, -0.2) is 23.2 Å². The van der Waals surface area contributed by atoms with Crippen LogP contribution in [-0.4, -0.2) is 35.7 Å². The molecular formula is C12H10N2O5S. The van der Waals surface area contributed by atoms with Gasteiger partial charge in [-0.05, 0) is 24.3 Å². The van der Waals surface area contributed by atoms with E-state index in [4.69, 9.17) is 9.84 Å². The lowest BCUT2D eigenvalue weighted by atomic mass is 10.3. The number of aromatic nitrogens is 2. The molecule has 0 bridgehead atoms. The highest BCUT2D eigenvalue weighted by Crippen LogP contribution is 2.20. The molecular weight excluding hydrogens is 284 g/mol. The fourth-order valence-electron chi connectivity index (χ4n) is 1.35. The van der Waals surface area contributed by atoms with E-state index in [2.05, 4.69) is 9.97 Å². The molecule has 2 aromatic rings. The van der Waals surface area contributed by atoms with Crippen LogP contribution in [0.15, 0.2) is 41.6 Å². The van der Waals surface area contributed by atoms with E-state index in [1.165, 1.54) is 30.5 Å². The van der Waals surface area contributed by atoms with Crippen LogP contribution in [0, 0.1) is 0 Å². The average Bonchev–Trinajstić information content (AvgIpc) is 2.39. The predicted molar refractivity (Wildman–Crippen MR) is 68.6 cm³/mol. The molecule has 0 unspecified atom stereocenters. The van der Waals surface area contributed by atoms with Crippen LogP contribution in [-0.2, 0) is 9.84 Å². The highest BCUT2D eigenvalue weighted by Gasteiger charge is 2.08. The Morgan fingerprint density at radius 2 is 1.80 bits per heavy atom. The molecule has 0 saturated carbocycles. The molecule has 0 amide bonds. The van der Waals surface area contributed by atoms with Crippen molar-refractivity contribution in [1.29, 1.82) is 0 Å². The zero-order valence-electron chi connectivity index (χ0n) is 10.3. The van der Waals surface area contributed by atoms with Crippen molar-refractivity contribution in [2.75, 3.05) is 6.26 Å². The summed E-state index contributed by atoms with van der Waals surface area (Å²) in [6.07, 6.45) is 3.36. The monoisotopic (exact) mass is 294 g/mol. The number of sulfone groups is 1. The van der Waals surface area contributed by atoms with Gasteiger partial charge >= 0.3 is 5.97 Å². The first-order valence-corrected chi connectivity index (χ1v) is 7.29. The number of nitrogens with zero attached hydrogens (tertiary/aromatic N) is 2. The van der Waals surface area contributed by atoms with E-state index in [1.54, 1.807) is 0 Å². The summed E-state index contributed by atoms with van der Waals surface area (Å²) in [5.41, 5.74) is -0.190. The maximum Gasteiger partial charge on any atom is 0.356 e. The molecule has 1 aromatic carbocycles. The molecule has 7 nitrogen and oxygen atoms in total.